The Morgan fingerprint density at radius 1 is 1.02 bits per heavy atom. The minimum absolute atomic E-state index is 0.205. The molecule has 0 amide bonds. The fraction of sp³-hybridized carbons (Fsp3) is 0.324. The number of carbonyl (C=O) groups is 1. The van der Waals surface area contributed by atoms with Gasteiger partial charge in [-0.2, -0.15) is 10.2 Å². The average molecular weight is 670 g/mol. The Bertz CT molecular complexity index is 2230. The molecule has 0 spiro atoms. The number of ether oxygens (including phenoxy) is 2. The summed E-state index contributed by atoms with van der Waals surface area (Å²) >= 11 is 6.98. The minimum atomic E-state index is -1.02. The fourth-order valence-corrected chi connectivity index (χ4v) is 7.32. The summed E-state index contributed by atoms with van der Waals surface area (Å²) in [5.74, 6) is -0.657. The molecular formula is C37H37ClFN5O4. The molecule has 0 saturated carbocycles. The molecular weight excluding hydrogens is 633 g/mol. The van der Waals surface area contributed by atoms with Gasteiger partial charge in [0.05, 0.1) is 30.7 Å². The maximum Gasteiger partial charge on any atom is 0.352 e. The molecule has 3 aromatic carbocycles. The van der Waals surface area contributed by atoms with E-state index in [-0.39, 0.29) is 18.1 Å². The van der Waals surface area contributed by atoms with Gasteiger partial charge in [-0.25, -0.2) is 9.18 Å². The number of halogens is 2. The molecule has 0 radical (unpaired) electrons. The van der Waals surface area contributed by atoms with Crippen molar-refractivity contribution in [2.24, 2.45) is 14.1 Å². The van der Waals surface area contributed by atoms with Crippen molar-refractivity contribution in [2.45, 2.75) is 59.3 Å². The van der Waals surface area contributed by atoms with Crippen LogP contribution in [0.2, 0.25) is 5.02 Å². The molecule has 1 aliphatic rings. The molecule has 0 fully saturated rings. The van der Waals surface area contributed by atoms with Gasteiger partial charge in [-0.1, -0.05) is 17.7 Å². The molecule has 248 valence electrons. The smallest absolute Gasteiger partial charge is 0.352 e. The second kappa shape index (κ2) is 12.4. The molecule has 4 heterocycles. The topological polar surface area (TPSA) is 96.3 Å². The van der Waals surface area contributed by atoms with Crippen molar-refractivity contribution >= 4 is 39.2 Å². The van der Waals surface area contributed by atoms with Crippen LogP contribution in [0, 0.1) is 19.7 Å². The second-order valence-corrected chi connectivity index (χ2v) is 13.0. The zero-order valence-electron chi connectivity index (χ0n) is 27.6. The third-order valence-corrected chi connectivity index (χ3v) is 9.84. The number of nitrogens with zero attached hydrogens (tertiary/aromatic N) is 5. The first-order chi connectivity index (χ1) is 23.0. The SMILES string of the molecule is Cc1c(C(=O)O)n2c3ccc(Cl)c(c13)-c1c(nn(C)c1C)C(C)OCc1cc(n(C)n1)CCc1cc(c3ccc(F)cc3c1)OCCC2. The highest BCUT2D eigenvalue weighted by molar-refractivity contribution is 6.35. The first kappa shape index (κ1) is 31.9. The summed E-state index contributed by atoms with van der Waals surface area (Å²) in [7, 11) is 3.81. The number of aromatic nitrogens is 5. The number of benzene rings is 3. The first-order valence-electron chi connectivity index (χ1n) is 16.1. The van der Waals surface area contributed by atoms with Crippen LogP contribution in [0.1, 0.15) is 63.8 Å². The average Bonchev–Trinajstić information content (AvgIpc) is 3.66. The Morgan fingerprint density at radius 3 is 2.62 bits per heavy atom. The molecule has 3 aromatic heterocycles. The van der Waals surface area contributed by atoms with Crippen LogP contribution in [0.25, 0.3) is 32.8 Å². The molecule has 0 aliphatic carbocycles. The third-order valence-electron chi connectivity index (χ3n) is 9.52. The predicted molar refractivity (Wildman–Crippen MR) is 183 cm³/mol. The number of rotatable bonds is 1. The van der Waals surface area contributed by atoms with Gasteiger partial charge in [0.2, 0.25) is 0 Å². The van der Waals surface area contributed by atoms with E-state index in [0.29, 0.717) is 48.0 Å². The van der Waals surface area contributed by atoms with Crippen molar-refractivity contribution in [1.29, 1.82) is 0 Å². The molecule has 48 heavy (non-hydrogen) atoms. The Labute approximate surface area is 282 Å². The molecule has 6 aromatic rings. The standard InChI is InChI=1S/C37H37ClFN5O4/c1-20-32-30-12-11-29(38)34(32)33-21(2)42(4)41-35(33)22(3)48-19-26-18-27(43(5)40-26)9-7-23-15-24-17-25(39)8-10-28(24)31(16-23)47-14-6-13-44(30)36(20)37(45)46/h8,10-12,15-18,22H,6-7,9,13-14,19H2,1-5H3,(H,45,46). The van der Waals surface area contributed by atoms with Gasteiger partial charge < -0.3 is 19.1 Å². The van der Waals surface area contributed by atoms with Crippen molar-refractivity contribution in [1.82, 2.24) is 24.1 Å². The predicted octanol–water partition coefficient (Wildman–Crippen LogP) is 7.88. The summed E-state index contributed by atoms with van der Waals surface area (Å²) in [5.41, 5.74) is 7.63. The van der Waals surface area contributed by atoms with E-state index in [1.807, 2.05) is 73.1 Å². The van der Waals surface area contributed by atoms with Crippen molar-refractivity contribution in [3.05, 3.63) is 99.0 Å². The van der Waals surface area contributed by atoms with Crippen molar-refractivity contribution < 1.29 is 23.8 Å². The van der Waals surface area contributed by atoms with Gasteiger partial charge in [0, 0.05) is 64.5 Å². The van der Waals surface area contributed by atoms with Gasteiger partial charge in [0.15, 0.2) is 0 Å². The number of hydrogen-bond acceptors (Lipinski definition) is 5. The Hall–Kier alpha value is -4.67. The summed E-state index contributed by atoms with van der Waals surface area (Å²) in [4.78, 5) is 12.8. The molecule has 1 N–H and O–H groups in total. The van der Waals surface area contributed by atoms with Crippen molar-refractivity contribution in [3.8, 4) is 16.9 Å². The van der Waals surface area contributed by atoms with E-state index in [9.17, 15) is 14.3 Å². The molecule has 1 atom stereocenters. The van der Waals surface area contributed by atoms with Gasteiger partial charge in [-0.3, -0.25) is 9.36 Å². The molecule has 1 aliphatic heterocycles. The molecule has 9 nitrogen and oxygen atoms in total. The molecule has 8 bridgehead atoms. The number of aromatic carboxylic acids is 1. The van der Waals surface area contributed by atoms with Gasteiger partial charge in [-0.05, 0) is 99.0 Å². The molecule has 1 unspecified atom stereocenters. The zero-order chi connectivity index (χ0) is 33.9. The third kappa shape index (κ3) is 5.52. The highest BCUT2D eigenvalue weighted by Gasteiger charge is 2.29. The Morgan fingerprint density at radius 2 is 1.83 bits per heavy atom. The lowest BCUT2D eigenvalue weighted by Crippen LogP contribution is -2.12. The normalized spacial score (nSPS) is 15.8. The van der Waals surface area contributed by atoms with Crippen LogP contribution < -0.4 is 4.74 Å². The highest BCUT2D eigenvalue weighted by atomic mass is 35.5. The van der Waals surface area contributed by atoms with E-state index in [1.54, 1.807) is 6.07 Å². The van der Waals surface area contributed by atoms with Gasteiger partial charge in [0.25, 0.3) is 0 Å². The van der Waals surface area contributed by atoms with E-state index >= 15 is 0 Å². The van der Waals surface area contributed by atoms with E-state index < -0.39 is 12.1 Å². The first-order valence-corrected chi connectivity index (χ1v) is 16.5. The van der Waals surface area contributed by atoms with Gasteiger partial charge >= 0.3 is 5.97 Å². The largest absolute Gasteiger partial charge is 0.493 e. The van der Waals surface area contributed by atoms with E-state index in [1.165, 1.54) is 12.1 Å². The Balaban J connectivity index is 1.38. The van der Waals surface area contributed by atoms with E-state index in [4.69, 9.17) is 31.3 Å². The monoisotopic (exact) mass is 669 g/mol. The van der Waals surface area contributed by atoms with Crippen molar-refractivity contribution in [2.75, 3.05) is 6.61 Å². The minimum Gasteiger partial charge on any atom is -0.493 e. The molecule has 0 saturated heterocycles. The number of fused-ring (bicyclic) bond motifs is 8. The summed E-state index contributed by atoms with van der Waals surface area (Å²) in [5, 5.41) is 22.9. The number of carboxylic acid groups (broad SMARTS) is 1. The summed E-state index contributed by atoms with van der Waals surface area (Å²) < 4.78 is 32.6. The maximum atomic E-state index is 14.3. The van der Waals surface area contributed by atoms with Gasteiger partial charge in [-0.15, -0.1) is 0 Å². The fourth-order valence-electron chi connectivity index (χ4n) is 7.06. The highest BCUT2D eigenvalue weighted by Crippen LogP contribution is 2.44. The van der Waals surface area contributed by atoms with Crippen LogP contribution in [-0.4, -0.2) is 41.8 Å². The summed E-state index contributed by atoms with van der Waals surface area (Å²) in [6, 6.07) is 14.5. The van der Waals surface area contributed by atoms with Crippen molar-refractivity contribution in [3.63, 3.8) is 0 Å². The molecule has 7 rings (SSSR count). The van der Waals surface area contributed by atoms with Crippen LogP contribution in [0.4, 0.5) is 4.39 Å². The van der Waals surface area contributed by atoms with E-state index in [2.05, 4.69) is 6.07 Å². The quantitative estimate of drug-likeness (QED) is 0.191. The maximum absolute atomic E-state index is 14.3. The second-order valence-electron chi connectivity index (χ2n) is 12.6. The van der Waals surface area contributed by atoms with Crippen LogP contribution in [0.15, 0.2) is 48.5 Å². The van der Waals surface area contributed by atoms with E-state index in [0.717, 1.165) is 61.9 Å². The Kier molecular flexibility index (Phi) is 8.25. The van der Waals surface area contributed by atoms with Gasteiger partial charge in [0.1, 0.15) is 17.3 Å². The van der Waals surface area contributed by atoms with Crippen LogP contribution in [-0.2, 0) is 44.8 Å². The lowest BCUT2D eigenvalue weighted by molar-refractivity contribution is 0.0475. The molecule has 11 heteroatoms. The summed E-state index contributed by atoms with van der Waals surface area (Å²) in [6.45, 7) is 6.78. The van der Waals surface area contributed by atoms with Crippen LogP contribution >= 0.6 is 11.6 Å². The zero-order valence-corrected chi connectivity index (χ0v) is 28.4. The van der Waals surface area contributed by atoms with Crippen LogP contribution in [0.3, 0.4) is 0 Å². The van der Waals surface area contributed by atoms with Crippen LogP contribution in [0.5, 0.6) is 5.75 Å². The number of hydrogen-bond donors (Lipinski definition) is 1. The number of aryl methyl sites for hydroxylation is 6. The number of carboxylic acids is 1. The summed E-state index contributed by atoms with van der Waals surface area (Å²) in [6.07, 6.45) is 1.54. The lowest BCUT2D eigenvalue weighted by atomic mass is 9.95. The lowest BCUT2D eigenvalue weighted by Gasteiger charge is -2.15.